The zero-order valence-corrected chi connectivity index (χ0v) is 13.0. The third-order valence-electron chi connectivity index (χ3n) is 2.81. The Morgan fingerprint density at radius 1 is 1.33 bits per heavy atom. The summed E-state index contributed by atoms with van der Waals surface area (Å²) in [6.45, 7) is 1.69. The maximum atomic E-state index is 12.5. The van der Waals surface area contributed by atoms with E-state index in [4.69, 9.17) is 5.11 Å². The van der Waals surface area contributed by atoms with Gasteiger partial charge in [-0.3, -0.25) is 4.79 Å². The number of aromatic amines is 1. The number of hydrogen-bond donors (Lipinski definition) is 2. The van der Waals surface area contributed by atoms with Crippen LogP contribution >= 0.6 is 0 Å². The summed E-state index contributed by atoms with van der Waals surface area (Å²) in [4.78, 5) is 26.1. The molecule has 2 N–H and O–H groups in total. The molecule has 0 fully saturated rings. The van der Waals surface area contributed by atoms with Crippen LogP contribution in [-0.2, 0) is 14.8 Å². The van der Waals surface area contributed by atoms with Crippen LogP contribution < -0.4 is 0 Å². The monoisotopic (exact) mass is 317 g/mol. The van der Waals surface area contributed by atoms with Crippen LogP contribution in [0.2, 0.25) is 0 Å². The normalized spacial score (nSPS) is 11.6. The largest absolute Gasteiger partial charge is 0.477 e. The number of nitrogens with zero attached hydrogens (tertiary/aromatic N) is 2. The summed E-state index contributed by atoms with van der Waals surface area (Å²) in [6, 6.07) is 1.04. The summed E-state index contributed by atoms with van der Waals surface area (Å²) in [6.07, 6.45) is 1.65. The molecule has 0 aromatic carbocycles. The number of hydrogen-bond acceptors (Lipinski definition) is 4. The molecule has 9 heteroatoms. The van der Waals surface area contributed by atoms with Crippen LogP contribution in [0.15, 0.2) is 17.2 Å². The summed E-state index contributed by atoms with van der Waals surface area (Å²) in [7, 11) is -0.834. The van der Waals surface area contributed by atoms with Crippen molar-refractivity contribution < 1.29 is 23.1 Å². The van der Waals surface area contributed by atoms with Gasteiger partial charge >= 0.3 is 5.97 Å². The van der Waals surface area contributed by atoms with E-state index >= 15 is 0 Å². The predicted molar refractivity (Wildman–Crippen MR) is 75.5 cm³/mol. The van der Waals surface area contributed by atoms with Gasteiger partial charge in [0.2, 0.25) is 15.9 Å². The van der Waals surface area contributed by atoms with Crippen LogP contribution in [-0.4, -0.2) is 66.8 Å². The fourth-order valence-electron chi connectivity index (χ4n) is 1.62. The first kappa shape index (κ1) is 17.2. The minimum absolute atomic E-state index is 0.167. The lowest BCUT2D eigenvalue weighted by molar-refractivity contribution is -0.128. The van der Waals surface area contributed by atoms with Gasteiger partial charge in [0.15, 0.2) is 0 Å². The molecule has 0 aliphatic heterocycles. The van der Waals surface area contributed by atoms with E-state index in [0.717, 1.165) is 16.6 Å². The average Bonchev–Trinajstić information content (AvgIpc) is 2.88. The topological polar surface area (TPSA) is 111 Å². The Labute approximate surface area is 123 Å². The van der Waals surface area contributed by atoms with Gasteiger partial charge in [0.05, 0.1) is 6.54 Å². The van der Waals surface area contributed by atoms with Gasteiger partial charge in [0.25, 0.3) is 0 Å². The standard InChI is InChI=1S/C12H19N3O5S/c1-4-5-15(8-11(16)14(2)3)21(19,20)9-6-10(12(17)18)13-7-9/h6-7,13H,4-5,8H2,1-3H3,(H,17,18). The molecule has 1 aromatic rings. The van der Waals surface area contributed by atoms with Crippen LogP contribution in [0.3, 0.4) is 0 Å². The zero-order valence-electron chi connectivity index (χ0n) is 12.2. The highest BCUT2D eigenvalue weighted by Gasteiger charge is 2.28. The molecule has 0 saturated carbocycles. The summed E-state index contributed by atoms with van der Waals surface area (Å²) in [5.41, 5.74) is -0.219. The number of nitrogens with one attached hydrogen (secondary N) is 1. The molecule has 118 valence electrons. The Kier molecular flexibility index (Phi) is 5.50. The Balaban J connectivity index is 3.08. The smallest absolute Gasteiger partial charge is 0.352 e. The summed E-state index contributed by atoms with van der Waals surface area (Å²) < 4.78 is 26.0. The lowest BCUT2D eigenvalue weighted by Gasteiger charge is -2.22. The molecule has 1 heterocycles. The molecule has 0 spiro atoms. The van der Waals surface area contributed by atoms with E-state index in [1.807, 2.05) is 0 Å². The highest BCUT2D eigenvalue weighted by molar-refractivity contribution is 7.89. The molecule has 0 unspecified atom stereocenters. The molecule has 1 amide bonds. The van der Waals surface area contributed by atoms with Gasteiger partial charge in [-0.15, -0.1) is 0 Å². The number of H-pyrrole nitrogens is 1. The second-order valence-electron chi connectivity index (χ2n) is 4.68. The van der Waals surface area contributed by atoms with Crippen LogP contribution in [0.1, 0.15) is 23.8 Å². The van der Waals surface area contributed by atoms with Gasteiger partial charge < -0.3 is 15.0 Å². The Morgan fingerprint density at radius 3 is 2.38 bits per heavy atom. The molecule has 0 aliphatic carbocycles. The van der Waals surface area contributed by atoms with Gasteiger partial charge in [-0.25, -0.2) is 13.2 Å². The van der Waals surface area contributed by atoms with E-state index in [2.05, 4.69) is 4.98 Å². The minimum atomic E-state index is -3.91. The van der Waals surface area contributed by atoms with E-state index in [-0.39, 0.29) is 29.6 Å². The number of aromatic nitrogens is 1. The Bertz CT molecular complexity index is 621. The maximum Gasteiger partial charge on any atom is 0.352 e. The second-order valence-corrected chi connectivity index (χ2v) is 6.62. The maximum absolute atomic E-state index is 12.5. The number of amides is 1. The van der Waals surface area contributed by atoms with Gasteiger partial charge in [-0.05, 0) is 12.5 Å². The van der Waals surface area contributed by atoms with Gasteiger partial charge in [-0.2, -0.15) is 4.31 Å². The molecule has 1 rings (SSSR count). The van der Waals surface area contributed by atoms with Crippen LogP contribution in [0.5, 0.6) is 0 Å². The van der Waals surface area contributed by atoms with Crippen molar-refractivity contribution in [3.8, 4) is 0 Å². The van der Waals surface area contributed by atoms with E-state index in [0.29, 0.717) is 6.42 Å². The molecule has 1 aromatic heterocycles. The third-order valence-corrected chi connectivity index (χ3v) is 4.63. The molecule has 0 radical (unpaired) electrons. The molecule has 0 atom stereocenters. The fraction of sp³-hybridized carbons (Fsp3) is 0.500. The fourth-order valence-corrected chi connectivity index (χ4v) is 3.10. The second kappa shape index (κ2) is 6.72. The van der Waals surface area contributed by atoms with Crippen molar-refractivity contribution in [2.45, 2.75) is 18.2 Å². The van der Waals surface area contributed by atoms with E-state index < -0.39 is 16.0 Å². The van der Waals surface area contributed by atoms with Gasteiger partial charge in [-0.1, -0.05) is 6.92 Å². The highest BCUT2D eigenvalue weighted by Crippen LogP contribution is 2.17. The molecule has 0 aliphatic rings. The average molecular weight is 317 g/mol. The SMILES string of the molecule is CCCN(CC(=O)N(C)C)S(=O)(=O)c1c[nH]c(C(=O)O)c1. The van der Waals surface area contributed by atoms with Crippen molar-refractivity contribution in [1.82, 2.24) is 14.2 Å². The summed E-state index contributed by atoms with van der Waals surface area (Å²) >= 11 is 0. The lowest BCUT2D eigenvalue weighted by atomic mass is 10.4. The first-order valence-corrected chi connectivity index (χ1v) is 7.76. The van der Waals surface area contributed by atoms with Crippen molar-refractivity contribution in [2.24, 2.45) is 0 Å². The van der Waals surface area contributed by atoms with Crippen molar-refractivity contribution >= 4 is 21.9 Å². The first-order valence-electron chi connectivity index (χ1n) is 6.32. The van der Waals surface area contributed by atoms with Gasteiger partial charge in [0, 0.05) is 26.8 Å². The number of carbonyl (C=O) groups excluding carboxylic acids is 1. The molecular weight excluding hydrogens is 298 g/mol. The van der Waals surface area contributed by atoms with Gasteiger partial charge in [0.1, 0.15) is 10.6 Å². The van der Waals surface area contributed by atoms with Crippen LogP contribution in [0.4, 0.5) is 0 Å². The quantitative estimate of drug-likeness (QED) is 0.746. The Morgan fingerprint density at radius 2 is 1.95 bits per heavy atom. The molecule has 0 bridgehead atoms. The third kappa shape index (κ3) is 4.05. The van der Waals surface area contributed by atoms with Crippen molar-refractivity contribution in [3.63, 3.8) is 0 Å². The van der Waals surface area contributed by atoms with E-state index in [1.165, 1.54) is 19.0 Å². The molecule has 21 heavy (non-hydrogen) atoms. The Hall–Kier alpha value is -1.87. The number of carbonyl (C=O) groups is 2. The van der Waals surface area contributed by atoms with E-state index in [9.17, 15) is 18.0 Å². The molecule has 0 saturated heterocycles. The van der Waals surface area contributed by atoms with E-state index in [1.54, 1.807) is 6.92 Å². The van der Waals surface area contributed by atoms with Crippen LogP contribution in [0, 0.1) is 0 Å². The summed E-state index contributed by atoms with van der Waals surface area (Å²) in [5.74, 6) is -1.59. The number of aromatic carboxylic acids is 1. The number of rotatable bonds is 7. The van der Waals surface area contributed by atoms with Crippen LogP contribution in [0.25, 0.3) is 0 Å². The minimum Gasteiger partial charge on any atom is -0.477 e. The highest BCUT2D eigenvalue weighted by atomic mass is 32.2. The lowest BCUT2D eigenvalue weighted by Crippen LogP contribution is -2.40. The zero-order chi connectivity index (χ0) is 16.2. The van der Waals surface area contributed by atoms with Crippen molar-refractivity contribution in [3.05, 3.63) is 18.0 Å². The summed E-state index contributed by atoms with van der Waals surface area (Å²) in [5, 5.41) is 8.82. The predicted octanol–water partition coefficient (Wildman–Crippen LogP) is 0.202. The van der Waals surface area contributed by atoms with Crippen molar-refractivity contribution in [1.29, 1.82) is 0 Å². The molecular formula is C12H19N3O5S. The van der Waals surface area contributed by atoms with Crippen molar-refractivity contribution in [2.75, 3.05) is 27.2 Å². The number of sulfonamides is 1. The first-order chi connectivity index (χ1) is 9.70. The number of likely N-dealkylation sites (N-methyl/N-ethyl adjacent to an activating group) is 1. The number of carboxylic acids is 1. The molecule has 8 nitrogen and oxygen atoms in total. The number of carboxylic acid groups (broad SMARTS) is 1.